The molecule has 0 unspecified atom stereocenters. The molecule has 54 heavy (non-hydrogen) atoms. The standard InChI is InChI=1S/C26H24P2.C15H10.C5H5.BF4.Fe/c1-5-13-23(14-6-1)27(24-15-7-2-8-16-24)21-22-28(25-17-9-3-10-18-25)26-19-11-4-12-20-26;1-2-15(13-9-5-3-6-10-13)14-11-7-4-8-12-14;1-2-4-5-3-1;2-1(3,4)5;/h1-20H,21-22H2;3-12H;1-5H;;/q;;;-1;+1. The van der Waals surface area contributed by atoms with Crippen LogP contribution in [0.1, 0.15) is 11.1 Å². The quantitative estimate of drug-likeness (QED) is 0.0592. The summed E-state index contributed by atoms with van der Waals surface area (Å²) in [5.41, 5.74) is 6.35. The fourth-order valence-electron chi connectivity index (χ4n) is 5.33. The van der Waals surface area contributed by atoms with E-state index in [1.807, 2.05) is 68.5 Å². The summed E-state index contributed by atoms with van der Waals surface area (Å²) in [7, 11) is -6.70. The van der Waals surface area contributed by atoms with Crippen LogP contribution in [-0.4, -0.2) is 24.2 Å². The van der Waals surface area contributed by atoms with Crippen LogP contribution in [0.2, 0.25) is 0 Å². The molecule has 6 aromatic carbocycles. The van der Waals surface area contributed by atoms with Crippen LogP contribution in [0.25, 0.3) is 5.57 Å². The van der Waals surface area contributed by atoms with Gasteiger partial charge in [0.1, 0.15) is 0 Å². The van der Waals surface area contributed by atoms with Gasteiger partial charge in [-0.2, -0.15) is 0 Å². The van der Waals surface area contributed by atoms with Gasteiger partial charge >= 0.3 is 111 Å². The molecule has 0 amide bonds. The van der Waals surface area contributed by atoms with Crippen LogP contribution in [0.4, 0.5) is 17.3 Å². The molecule has 0 N–H and O–H groups in total. The van der Waals surface area contributed by atoms with Crippen LogP contribution in [0.5, 0.6) is 0 Å². The summed E-state index contributed by atoms with van der Waals surface area (Å²) in [4.78, 5) is 0. The molecule has 7 rings (SSSR count). The molecule has 6 aromatic rings. The Morgan fingerprint density at radius 1 is 0.407 bits per heavy atom. The normalized spacial score (nSPS) is 11.7. The average molecular weight is 796 g/mol. The van der Waals surface area contributed by atoms with Crippen molar-refractivity contribution in [2.24, 2.45) is 0 Å². The van der Waals surface area contributed by atoms with E-state index in [4.69, 9.17) is 0 Å². The maximum atomic E-state index is 9.75. The van der Waals surface area contributed by atoms with Crippen molar-refractivity contribution in [2.75, 3.05) is 12.3 Å². The van der Waals surface area contributed by atoms with Gasteiger partial charge in [-0.05, 0) is 81.5 Å². The van der Waals surface area contributed by atoms with Crippen molar-refractivity contribution in [2.45, 2.75) is 0 Å². The second-order valence-electron chi connectivity index (χ2n) is 11.4. The summed E-state index contributed by atoms with van der Waals surface area (Å²) >= 11 is 3.59. The van der Waals surface area contributed by atoms with Crippen molar-refractivity contribution < 1.29 is 32.8 Å². The second kappa shape index (κ2) is 24.3. The minimum Gasteiger partial charge on any atom is -0.0622 e. The van der Waals surface area contributed by atoms with Crippen LogP contribution < -0.4 is 21.2 Å². The van der Waals surface area contributed by atoms with E-state index < -0.39 is 7.25 Å². The van der Waals surface area contributed by atoms with E-state index in [-0.39, 0.29) is 15.8 Å². The van der Waals surface area contributed by atoms with E-state index in [9.17, 15) is 17.3 Å². The maximum absolute atomic E-state index is 9.75. The SMILES string of the molecule is F[B-](F)(F)F.[CH]1[CH][CH][CH][CH]1.[Fe+]=[C]=C=C(c1ccccc1)c1ccccc1.c1ccc(P(CCP(c2ccccc2)c2ccccc2)c2ccccc2)cc1. The summed E-state index contributed by atoms with van der Waals surface area (Å²) in [6.45, 7) is 0. The molecule has 272 valence electrons. The summed E-state index contributed by atoms with van der Waals surface area (Å²) in [6, 6.07) is 64.5. The molecule has 0 aliphatic heterocycles. The van der Waals surface area contributed by atoms with Gasteiger partial charge in [-0.25, -0.2) is 0 Å². The summed E-state index contributed by atoms with van der Waals surface area (Å²) in [6.07, 6.45) is 12.4. The first-order chi connectivity index (χ1) is 26.3. The molecule has 0 spiro atoms. The molecule has 1 fully saturated rings. The number of hydrogen-bond acceptors (Lipinski definition) is 0. The Bertz CT molecular complexity index is 1750. The predicted octanol–water partition coefficient (Wildman–Crippen LogP) is 10.8. The molecule has 5 radical (unpaired) electrons. The van der Waals surface area contributed by atoms with E-state index in [0.717, 1.165) is 16.7 Å². The van der Waals surface area contributed by atoms with Crippen molar-refractivity contribution >= 4 is 54.5 Å². The van der Waals surface area contributed by atoms with Gasteiger partial charge in [0.05, 0.1) is 0 Å². The van der Waals surface area contributed by atoms with Crippen LogP contribution in [0.3, 0.4) is 0 Å². The van der Waals surface area contributed by atoms with Crippen molar-refractivity contribution in [1.29, 1.82) is 0 Å². The Labute approximate surface area is 329 Å². The monoisotopic (exact) mass is 796 g/mol. The molecule has 8 heteroatoms. The largest absolute Gasteiger partial charge is 0.0622 e. The van der Waals surface area contributed by atoms with Gasteiger partial charge in [0, 0.05) is 0 Å². The van der Waals surface area contributed by atoms with Crippen molar-refractivity contribution in [1.82, 2.24) is 0 Å². The molecule has 0 atom stereocenters. The van der Waals surface area contributed by atoms with Crippen molar-refractivity contribution in [3.8, 4) is 0 Å². The summed E-state index contributed by atoms with van der Waals surface area (Å²) in [5, 5.41) is 5.89. The molecule has 0 heterocycles. The number of hydrogen-bond donors (Lipinski definition) is 0. The van der Waals surface area contributed by atoms with Gasteiger partial charge in [-0.1, -0.05) is 121 Å². The number of halogens is 4. The van der Waals surface area contributed by atoms with Gasteiger partial charge in [-0.3, -0.25) is 0 Å². The third-order valence-corrected chi connectivity index (χ3v) is 13.2. The van der Waals surface area contributed by atoms with Gasteiger partial charge in [0.25, 0.3) is 0 Å². The van der Waals surface area contributed by atoms with Crippen LogP contribution >= 0.6 is 15.8 Å². The Balaban J connectivity index is 0.000000208. The molecule has 0 aromatic heterocycles. The van der Waals surface area contributed by atoms with Crippen molar-refractivity contribution in [3.05, 3.63) is 231 Å². The molecule has 0 bridgehead atoms. The molecule has 0 saturated heterocycles. The second-order valence-corrected chi connectivity index (χ2v) is 16.4. The first-order valence-corrected chi connectivity index (χ1v) is 20.8. The minimum absolute atomic E-state index is 0.348. The topological polar surface area (TPSA) is 0 Å². The first kappa shape index (κ1) is 42.7. The van der Waals surface area contributed by atoms with Gasteiger partial charge in [-0.15, -0.1) is 0 Å². The number of rotatable bonds is 9. The Morgan fingerprint density at radius 3 is 0.852 bits per heavy atom. The minimum atomic E-state index is -6.00. The fourth-order valence-corrected chi connectivity index (χ4v) is 10.8. The van der Waals surface area contributed by atoms with E-state index in [0.29, 0.717) is 0 Å². The van der Waals surface area contributed by atoms with Crippen LogP contribution in [-0.2, 0) is 15.6 Å². The molecular weight excluding hydrogens is 757 g/mol. The smallest absolute Gasteiger partial charge is 0.0195 e. The van der Waals surface area contributed by atoms with E-state index in [2.05, 4.69) is 171 Å². The molecular formula is C46H39BF4FeP2. The first-order valence-electron chi connectivity index (χ1n) is 17.2. The average Bonchev–Trinajstić information content (AvgIpc) is 3.81. The third-order valence-electron chi connectivity index (χ3n) is 7.67. The van der Waals surface area contributed by atoms with E-state index >= 15 is 0 Å². The summed E-state index contributed by atoms with van der Waals surface area (Å²) in [5.74, 6) is 0. The number of benzene rings is 6. The third kappa shape index (κ3) is 16.1. The predicted molar refractivity (Wildman–Crippen MR) is 223 cm³/mol. The molecule has 1 aliphatic carbocycles. The summed E-state index contributed by atoms with van der Waals surface area (Å²) < 4.78 is 41.7. The zero-order valence-corrected chi connectivity index (χ0v) is 32.4. The Morgan fingerprint density at radius 2 is 0.630 bits per heavy atom. The van der Waals surface area contributed by atoms with E-state index in [1.54, 1.807) is 0 Å². The maximum Gasteiger partial charge on any atom is -0.0195 e. The van der Waals surface area contributed by atoms with E-state index in [1.165, 1.54) is 33.5 Å². The molecule has 1 saturated carbocycles. The van der Waals surface area contributed by atoms with Crippen LogP contribution in [0, 0.1) is 32.1 Å². The van der Waals surface area contributed by atoms with Gasteiger partial charge in [0.15, 0.2) is 0 Å². The van der Waals surface area contributed by atoms with Crippen molar-refractivity contribution in [3.63, 3.8) is 0 Å². The molecule has 0 nitrogen and oxygen atoms in total. The Kier molecular flexibility index (Phi) is 19.2. The van der Waals surface area contributed by atoms with Gasteiger partial charge < -0.3 is 17.3 Å². The fraction of sp³-hybridized carbons (Fsp3) is 0.0435. The zero-order chi connectivity index (χ0) is 38.3. The van der Waals surface area contributed by atoms with Gasteiger partial charge in [0.2, 0.25) is 0 Å². The van der Waals surface area contributed by atoms with Crippen LogP contribution in [0.15, 0.2) is 188 Å². The molecule has 1 aliphatic rings. The zero-order valence-electron chi connectivity index (χ0n) is 29.5. The Hall–Kier alpha value is -4.09.